The van der Waals surface area contributed by atoms with Gasteiger partial charge in [0, 0.05) is 6.54 Å². The normalized spacial score (nSPS) is 18.0. The number of para-hydroxylation sites is 1. The lowest BCUT2D eigenvalue weighted by atomic mass is 10.1. The summed E-state index contributed by atoms with van der Waals surface area (Å²) in [7, 11) is -3.78. The summed E-state index contributed by atoms with van der Waals surface area (Å²) in [6.07, 6.45) is 1.02. The van der Waals surface area contributed by atoms with Gasteiger partial charge in [0.05, 0.1) is 15.6 Å². The van der Waals surface area contributed by atoms with E-state index < -0.39 is 22.0 Å². The average Bonchev–Trinajstić information content (AvgIpc) is 3.24. The lowest BCUT2D eigenvalue weighted by Crippen LogP contribution is -2.42. The van der Waals surface area contributed by atoms with Gasteiger partial charge in [0.2, 0.25) is 5.91 Å². The first kappa shape index (κ1) is 17.9. The van der Waals surface area contributed by atoms with Crippen molar-refractivity contribution in [3.63, 3.8) is 0 Å². The molecule has 1 fully saturated rings. The second-order valence-corrected chi connectivity index (χ2v) is 9.31. The average molecular weight is 396 g/mol. The predicted octanol–water partition coefficient (Wildman–Crippen LogP) is 3.06. The Balaban J connectivity index is 1.84. The molecule has 0 saturated carbocycles. The lowest BCUT2D eigenvalue weighted by Gasteiger charge is -2.22. The molecule has 1 aliphatic heterocycles. The summed E-state index contributed by atoms with van der Waals surface area (Å²) >= 11 is 6.80. The number of hydrogen-bond acceptors (Lipinski definition) is 5. The summed E-state index contributed by atoms with van der Waals surface area (Å²) in [6.45, 7) is 0.274. The van der Waals surface area contributed by atoms with E-state index in [1.165, 1.54) is 16.4 Å². The molecule has 1 N–H and O–H groups in total. The lowest BCUT2D eigenvalue weighted by molar-refractivity contribution is -0.119. The summed E-state index contributed by atoms with van der Waals surface area (Å²) in [6, 6.07) is 10.8. The summed E-state index contributed by atoms with van der Waals surface area (Å²) < 4.78 is 27.3. The van der Waals surface area contributed by atoms with Crippen molar-refractivity contribution in [1.82, 2.24) is 4.31 Å². The smallest absolute Gasteiger partial charge is 0.253 e. The minimum atomic E-state index is -3.78. The van der Waals surface area contributed by atoms with E-state index >= 15 is 0 Å². The number of rotatable bonds is 4. The van der Waals surface area contributed by atoms with Crippen LogP contribution in [0.1, 0.15) is 18.4 Å². The number of anilines is 1. The molecule has 0 bridgehead atoms. The van der Waals surface area contributed by atoms with Gasteiger partial charge in [-0.1, -0.05) is 23.7 Å². The number of nitriles is 1. The molecule has 1 amide bonds. The van der Waals surface area contributed by atoms with Gasteiger partial charge < -0.3 is 5.32 Å². The van der Waals surface area contributed by atoms with Crippen molar-refractivity contribution in [3.8, 4) is 6.07 Å². The molecule has 9 heteroatoms. The van der Waals surface area contributed by atoms with Gasteiger partial charge in [-0.3, -0.25) is 4.79 Å². The van der Waals surface area contributed by atoms with Crippen molar-refractivity contribution in [2.45, 2.75) is 23.1 Å². The molecule has 1 aromatic carbocycles. The zero-order valence-electron chi connectivity index (χ0n) is 13.0. The Labute approximate surface area is 154 Å². The molecule has 2 heterocycles. The van der Waals surface area contributed by atoms with Crippen LogP contribution in [0.25, 0.3) is 0 Å². The van der Waals surface area contributed by atoms with E-state index in [0.717, 1.165) is 11.3 Å². The zero-order valence-corrected chi connectivity index (χ0v) is 15.4. The van der Waals surface area contributed by atoms with Crippen molar-refractivity contribution in [2.24, 2.45) is 0 Å². The highest BCUT2D eigenvalue weighted by atomic mass is 35.5. The maximum Gasteiger partial charge on any atom is 0.253 e. The van der Waals surface area contributed by atoms with Gasteiger partial charge in [-0.2, -0.15) is 9.57 Å². The van der Waals surface area contributed by atoms with E-state index in [2.05, 4.69) is 5.32 Å². The molecule has 3 rings (SSSR count). The molecule has 0 radical (unpaired) electrons. The van der Waals surface area contributed by atoms with Crippen LogP contribution in [-0.4, -0.2) is 31.2 Å². The number of sulfonamides is 1. The molecule has 130 valence electrons. The molecule has 1 aromatic heterocycles. The Morgan fingerprint density at radius 2 is 2.08 bits per heavy atom. The number of halogens is 1. The van der Waals surface area contributed by atoms with Crippen LogP contribution in [0, 0.1) is 11.3 Å². The third-order valence-electron chi connectivity index (χ3n) is 3.92. The van der Waals surface area contributed by atoms with Crippen molar-refractivity contribution in [1.29, 1.82) is 5.26 Å². The first-order valence-electron chi connectivity index (χ1n) is 7.50. The van der Waals surface area contributed by atoms with E-state index in [-0.39, 0.29) is 10.8 Å². The third-order valence-corrected chi connectivity index (χ3v) is 7.53. The van der Waals surface area contributed by atoms with Crippen LogP contribution in [0.4, 0.5) is 5.69 Å². The van der Waals surface area contributed by atoms with Crippen LogP contribution in [0.5, 0.6) is 0 Å². The highest BCUT2D eigenvalue weighted by molar-refractivity contribution is 7.91. The van der Waals surface area contributed by atoms with Crippen molar-refractivity contribution >= 4 is 44.6 Å². The van der Waals surface area contributed by atoms with Gasteiger partial charge in [0.15, 0.2) is 0 Å². The fourth-order valence-corrected chi connectivity index (χ4v) is 6.02. The van der Waals surface area contributed by atoms with Gasteiger partial charge in [-0.15, -0.1) is 11.3 Å². The summed E-state index contributed by atoms with van der Waals surface area (Å²) in [5.74, 6) is -0.438. The monoisotopic (exact) mass is 395 g/mol. The number of nitrogens with one attached hydrogen (secondary N) is 1. The minimum Gasteiger partial charge on any atom is -0.323 e. The number of benzene rings is 1. The van der Waals surface area contributed by atoms with E-state index in [1.54, 1.807) is 24.3 Å². The molecule has 2 aromatic rings. The first-order chi connectivity index (χ1) is 11.9. The van der Waals surface area contributed by atoms with Crippen molar-refractivity contribution in [2.75, 3.05) is 11.9 Å². The van der Waals surface area contributed by atoms with Gasteiger partial charge in [0.25, 0.3) is 10.0 Å². The highest BCUT2D eigenvalue weighted by Crippen LogP contribution is 2.32. The quantitative estimate of drug-likeness (QED) is 0.861. The summed E-state index contributed by atoms with van der Waals surface area (Å²) in [5, 5.41) is 11.8. The summed E-state index contributed by atoms with van der Waals surface area (Å²) in [4.78, 5) is 12.6. The van der Waals surface area contributed by atoms with Gasteiger partial charge in [-0.25, -0.2) is 8.42 Å². The Morgan fingerprint density at radius 3 is 2.76 bits per heavy atom. The fourth-order valence-electron chi connectivity index (χ4n) is 2.75. The number of hydrogen-bond donors (Lipinski definition) is 1. The second-order valence-electron chi connectivity index (χ2n) is 5.48. The minimum absolute atomic E-state index is 0.120. The topological polar surface area (TPSA) is 90.3 Å². The van der Waals surface area contributed by atoms with Crippen molar-refractivity contribution < 1.29 is 13.2 Å². The van der Waals surface area contributed by atoms with E-state index in [0.29, 0.717) is 28.4 Å². The van der Waals surface area contributed by atoms with Crippen LogP contribution in [0.3, 0.4) is 0 Å². The molecule has 1 aliphatic rings. The molecule has 6 nitrogen and oxygen atoms in total. The number of amides is 1. The highest BCUT2D eigenvalue weighted by Gasteiger charge is 2.40. The van der Waals surface area contributed by atoms with Crippen LogP contribution < -0.4 is 5.32 Å². The van der Waals surface area contributed by atoms with E-state index in [4.69, 9.17) is 16.9 Å². The van der Waals surface area contributed by atoms with Gasteiger partial charge >= 0.3 is 0 Å². The van der Waals surface area contributed by atoms with E-state index in [9.17, 15) is 13.2 Å². The second kappa shape index (κ2) is 7.14. The molecule has 1 saturated heterocycles. The summed E-state index contributed by atoms with van der Waals surface area (Å²) in [5.41, 5.74) is 0.701. The largest absolute Gasteiger partial charge is 0.323 e. The SMILES string of the molecule is N#Cc1ccccc1NC(=O)[C@@H]1CCCN1S(=O)(=O)c1ccc(Cl)s1. The number of thiophene rings is 1. The number of carbonyl (C=O) groups excluding carboxylic acids is 1. The number of nitrogens with zero attached hydrogens (tertiary/aromatic N) is 2. The molecular weight excluding hydrogens is 382 g/mol. The van der Waals surface area contributed by atoms with Crippen LogP contribution in [-0.2, 0) is 14.8 Å². The Hall–Kier alpha value is -1.92. The molecule has 25 heavy (non-hydrogen) atoms. The fraction of sp³-hybridized carbons (Fsp3) is 0.250. The predicted molar refractivity (Wildman–Crippen MR) is 96.0 cm³/mol. The van der Waals surface area contributed by atoms with Crippen molar-refractivity contribution in [3.05, 3.63) is 46.3 Å². The molecule has 0 unspecified atom stereocenters. The first-order valence-corrected chi connectivity index (χ1v) is 10.1. The number of carbonyl (C=O) groups is 1. The van der Waals surface area contributed by atoms with Gasteiger partial charge in [-0.05, 0) is 37.1 Å². The Morgan fingerprint density at radius 1 is 1.32 bits per heavy atom. The zero-order chi connectivity index (χ0) is 18.0. The third kappa shape index (κ3) is 3.55. The standard InChI is InChI=1S/C16H14ClN3O3S2/c17-14-7-8-15(24-14)25(22,23)20-9-3-6-13(20)16(21)19-12-5-2-1-4-11(12)10-18/h1-2,4-5,7-8,13H,3,6,9H2,(H,19,21)/t13-/m0/s1. The van der Waals surface area contributed by atoms with E-state index in [1.807, 2.05) is 6.07 Å². The maximum atomic E-state index is 12.8. The maximum absolute atomic E-state index is 12.8. The van der Waals surface area contributed by atoms with Gasteiger partial charge in [0.1, 0.15) is 16.3 Å². The van der Waals surface area contributed by atoms with Crippen LogP contribution >= 0.6 is 22.9 Å². The molecule has 0 spiro atoms. The molecule has 0 aliphatic carbocycles. The molecular formula is C16H14ClN3O3S2. The Bertz CT molecular complexity index is 950. The molecule has 1 atom stereocenters. The Kier molecular flexibility index (Phi) is 5.11. The van der Waals surface area contributed by atoms with Crippen LogP contribution in [0.2, 0.25) is 4.34 Å². The van der Waals surface area contributed by atoms with Crippen LogP contribution in [0.15, 0.2) is 40.6 Å².